The molecular weight excluding hydrogens is 424 g/mol. The lowest BCUT2D eigenvalue weighted by Gasteiger charge is -2.30. The fourth-order valence-corrected chi connectivity index (χ4v) is 6.11. The summed E-state index contributed by atoms with van der Waals surface area (Å²) >= 11 is 1.03. The van der Waals surface area contributed by atoms with E-state index in [1.165, 1.54) is 14.9 Å². The monoisotopic (exact) mass is 446 g/mol. The van der Waals surface area contributed by atoms with E-state index in [1.807, 2.05) is 12.1 Å². The quantitative estimate of drug-likeness (QED) is 0.643. The Labute approximate surface area is 178 Å². The first-order chi connectivity index (χ1) is 14.4. The molecular formula is C20H22N4O4S2. The summed E-state index contributed by atoms with van der Waals surface area (Å²) in [6, 6.07) is 8.47. The molecule has 0 unspecified atom stereocenters. The van der Waals surface area contributed by atoms with Crippen LogP contribution in [0.4, 0.5) is 0 Å². The van der Waals surface area contributed by atoms with Crippen molar-refractivity contribution in [3.8, 4) is 0 Å². The van der Waals surface area contributed by atoms with E-state index >= 15 is 0 Å². The van der Waals surface area contributed by atoms with Crippen molar-refractivity contribution >= 4 is 37.5 Å². The maximum Gasteiger partial charge on any atom is 0.307 e. The van der Waals surface area contributed by atoms with Crippen molar-refractivity contribution in [1.82, 2.24) is 19.2 Å². The molecule has 1 saturated heterocycles. The van der Waals surface area contributed by atoms with Crippen LogP contribution in [-0.2, 0) is 28.4 Å². The van der Waals surface area contributed by atoms with E-state index < -0.39 is 10.0 Å². The lowest BCUT2D eigenvalue weighted by Crippen LogP contribution is -2.42. The largest absolute Gasteiger partial charge is 0.352 e. The molecule has 0 atom stereocenters. The van der Waals surface area contributed by atoms with Crippen LogP contribution in [0, 0.1) is 5.92 Å². The number of carbonyl (C=O) groups excluding carboxylic acids is 1. The number of piperidine rings is 1. The Bertz CT molecular complexity index is 1230. The molecule has 1 amide bonds. The maximum absolute atomic E-state index is 13.0. The number of aromatic nitrogens is 2. The lowest BCUT2D eigenvalue weighted by atomic mass is 9.97. The van der Waals surface area contributed by atoms with Gasteiger partial charge in [-0.25, -0.2) is 8.42 Å². The zero-order valence-corrected chi connectivity index (χ0v) is 18.1. The minimum absolute atomic E-state index is 0.0635. The first-order valence-electron chi connectivity index (χ1n) is 9.62. The number of sulfonamides is 1. The van der Waals surface area contributed by atoms with Gasteiger partial charge in [0.1, 0.15) is 0 Å². The van der Waals surface area contributed by atoms with Gasteiger partial charge in [0.05, 0.1) is 15.1 Å². The number of benzene rings is 1. The third-order valence-electron chi connectivity index (χ3n) is 5.42. The van der Waals surface area contributed by atoms with Crippen LogP contribution >= 0.6 is 11.3 Å². The SMILES string of the molecule is Cn1c(=O)sc2cc(S(=O)(=O)N3CCC(C(=O)NCc4cccnc4)CC3)ccc21. The number of nitrogens with one attached hydrogen (secondary N) is 1. The second-order valence-electron chi connectivity index (χ2n) is 7.31. The molecule has 0 aliphatic carbocycles. The molecule has 3 aromatic rings. The Morgan fingerprint density at radius 2 is 2.03 bits per heavy atom. The molecule has 1 fully saturated rings. The number of thiazole rings is 1. The van der Waals surface area contributed by atoms with Gasteiger partial charge in [-0.3, -0.25) is 14.6 Å². The third-order valence-corrected chi connectivity index (χ3v) is 8.31. The van der Waals surface area contributed by atoms with Crippen molar-refractivity contribution in [2.45, 2.75) is 24.3 Å². The van der Waals surface area contributed by atoms with Crippen molar-refractivity contribution in [3.05, 3.63) is 58.0 Å². The summed E-state index contributed by atoms with van der Waals surface area (Å²) in [6.07, 6.45) is 4.32. The summed E-state index contributed by atoms with van der Waals surface area (Å²) < 4.78 is 29.7. The molecule has 158 valence electrons. The minimum atomic E-state index is -3.67. The molecule has 0 bridgehead atoms. The van der Waals surface area contributed by atoms with Gasteiger partial charge in [-0.1, -0.05) is 17.4 Å². The number of rotatable bonds is 5. The number of pyridine rings is 1. The Kier molecular flexibility index (Phi) is 5.72. The highest BCUT2D eigenvalue weighted by Gasteiger charge is 2.32. The van der Waals surface area contributed by atoms with E-state index in [0.29, 0.717) is 29.6 Å². The first-order valence-corrected chi connectivity index (χ1v) is 11.9. The van der Waals surface area contributed by atoms with E-state index in [4.69, 9.17) is 0 Å². The summed E-state index contributed by atoms with van der Waals surface area (Å²) in [6.45, 7) is 0.984. The summed E-state index contributed by atoms with van der Waals surface area (Å²) in [5, 5.41) is 2.90. The average molecular weight is 447 g/mol. The molecule has 1 aromatic carbocycles. The Hall–Kier alpha value is -2.56. The number of hydrogen-bond acceptors (Lipinski definition) is 6. The maximum atomic E-state index is 13.0. The summed E-state index contributed by atoms with van der Waals surface area (Å²) in [5.74, 6) is -0.277. The molecule has 1 aliphatic rings. The topological polar surface area (TPSA) is 101 Å². The second kappa shape index (κ2) is 8.29. The number of nitrogens with zero attached hydrogens (tertiary/aromatic N) is 3. The van der Waals surface area contributed by atoms with E-state index in [2.05, 4.69) is 10.3 Å². The van der Waals surface area contributed by atoms with Gasteiger partial charge in [-0.2, -0.15) is 4.31 Å². The van der Waals surface area contributed by atoms with Gasteiger partial charge in [0.15, 0.2) is 0 Å². The van der Waals surface area contributed by atoms with Crippen LogP contribution in [-0.4, -0.2) is 41.3 Å². The van der Waals surface area contributed by atoms with E-state index in [9.17, 15) is 18.0 Å². The summed E-state index contributed by atoms with van der Waals surface area (Å²) in [7, 11) is -2.01. The highest BCUT2D eigenvalue weighted by atomic mass is 32.2. The smallest absolute Gasteiger partial charge is 0.307 e. The number of amides is 1. The van der Waals surface area contributed by atoms with Crippen LogP contribution in [0.25, 0.3) is 10.2 Å². The molecule has 10 heteroatoms. The standard InChI is InChI=1S/C20H22N4O4S2/c1-23-17-5-4-16(11-18(17)29-20(23)26)30(27,28)24-9-6-15(7-10-24)19(25)22-13-14-3-2-8-21-12-14/h2-5,8,11-12,15H,6-7,9-10,13H2,1H3,(H,22,25). The van der Waals surface area contributed by atoms with E-state index in [-0.39, 0.29) is 34.7 Å². The summed E-state index contributed by atoms with van der Waals surface area (Å²) in [5.41, 5.74) is 1.64. The van der Waals surface area contributed by atoms with Crippen molar-refractivity contribution in [2.75, 3.05) is 13.1 Å². The van der Waals surface area contributed by atoms with Gasteiger partial charge < -0.3 is 9.88 Å². The molecule has 0 spiro atoms. The van der Waals surface area contributed by atoms with Crippen LogP contribution in [0.15, 0.2) is 52.4 Å². The van der Waals surface area contributed by atoms with Crippen LogP contribution in [0.2, 0.25) is 0 Å². The minimum Gasteiger partial charge on any atom is -0.352 e. The second-order valence-corrected chi connectivity index (χ2v) is 10.2. The normalized spacial score (nSPS) is 16.0. The first kappa shape index (κ1) is 20.7. The van der Waals surface area contributed by atoms with Gasteiger partial charge in [-0.05, 0) is 42.7 Å². The van der Waals surface area contributed by atoms with Gasteiger partial charge in [0.2, 0.25) is 15.9 Å². The van der Waals surface area contributed by atoms with Crippen LogP contribution < -0.4 is 10.2 Å². The van der Waals surface area contributed by atoms with E-state index in [1.54, 1.807) is 31.6 Å². The van der Waals surface area contributed by atoms with Gasteiger partial charge in [-0.15, -0.1) is 0 Å². The van der Waals surface area contributed by atoms with Crippen molar-refractivity contribution in [2.24, 2.45) is 13.0 Å². The molecule has 1 N–H and O–H groups in total. The molecule has 8 nitrogen and oxygen atoms in total. The highest BCUT2D eigenvalue weighted by molar-refractivity contribution is 7.89. The third kappa shape index (κ3) is 4.03. The van der Waals surface area contributed by atoms with Crippen LogP contribution in [0.1, 0.15) is 18.4 Å². The van der Waals surface area contributed by atoms with Gasteiger partial charge in [0.25, 0.3) is 0 Å². The zero-order chi connectivity index (χ0) is 21.3. The lowest BCUT2D eigenvalue weighted by molar-refractivity contribution is -0.126. The molecule has 30 heavy (non-hydrogen) atoms. The predicted molar refractivity (Wildman–Crippen MR) is 115 cm³/mol. The molecule has 3 heterocycles. The van der Waals surface area contributed by atoms with Crippen LogP contribution in [0.5, 0.6) is 0 Å². The summed E-state index contributed by atoms with van der Waals surface area (Å²) in [4.78, 5) is 28.3. The Morgan fingerprint density at radius 3 is 2.73 bits per heavy atom. The van der Waals surface area contributed by atoms with Gasteiger partial charge in [0, 0.05) is 45.0 Å². The number of fused-ring (bicyclic) bond motifs is 1. The number of hydrogen-bond donors (Lipinski definition) is 1. The Balaban J connectivity index is 1.40. The van der Waals surface area contributed by atoms with Crippen LogP contribution in [0.3, 0.4) is 0 Å². The fourth-order valence-electron chi connectivity index (χ4n) is 3.62. The molecule has 2 aromatic heterocycles. The zero-order valence-electron chi connectivity index (χ0n) is 16.4. The molecule has 1 aliphatic heterocycles. The fraction of sp³-hybridized carbons (Fsp3) is 0.350. The molecule has 0 saturated carbocycles. The van der Waals surface area contributed by atoms with Gasteiger partial charge >= 0.3 is 4.87 Å². The average Bonchev–Trinajstić information content (AvgIpc) is 3.06. The number of carbonyl (C=O) groups is 1. The van der Waals surface area contributed by atoms with Crippen molar-refractivity contribution in [3.63, 3.8) is 0 Å². The number of aryl methyl sites for hydroxylation is 1. The molecule has 4 rings (SSSR count). The Morgan fingerprint density at radius 1 is 1.27 bits per heavy atom. The molecule has 0 radical (unpaired) electrons. The predicted octanol–water partition coefficient (Wildman–Crippen LogP) is 1.71. The highest BCUT2D eigenvalue weighted by Crippen LogP contribution is 2.27. The van der Waals surface area contributed by atoms with Crippen molar-refractivity contribution in [1.29, 1.82) is 0 Å². The van der Waals surface area contributed by atoms with E-state index in [0.717, 1.165) is 16.9 Å². The van der Waals surface area contributed by atoms with Crippen molar-refractivity contribution < 1.29 is 13.2 Å².